The Morgan fingerprint density at radius 1 is 1.33 bits per heavy atom. The van der Waals surface area contributed by atoms with Crippen LogP contribution < -0.4 is 9.47 Å². The maximum Gasteiger partial charge on any atom is 0.303 e. The van der Waals surface area contributed by atoms with Crippen molar-refractivity contribution in [3.05, 3.63) is 23.3 Å². The molecule has 0 heterocycles. The summed E-state index contributed by atoms with van der Waals surface area (Å²) in [6.07, 6.45) is 1.18. The van der Waals surface area contributed by atoms with E-state index in [-0.39, 0.29) is 6.42 Å². The third-order valence-corrected chi connectivity index (χ3v) is 2.62. The smallest absolute Gasteiger partial charge is 0.303 e. The normalized spacial score (nSPS) is 10.2. The summed E-state index contributed by atoms with van der Waals surface area (Å²) in [5.41, 5.74) is 1.27. The Hall–Kier alpha value is -1.78. The Balaban J connectivity index is 2.89. The number of carboxylic acids is 1. The lowest BCUT2D eigenvalue weighted by molar-refractivity contribution is -0.137. The van der Waals surface area contributed by atoms with Gasteiger partial charge in [-0.2, -0.15) is 0 Å². The Morgan fingerprint density at radius 2 is 2.06 bits per heavy atom. The Morgan fingerprint density at radius 3 is 2.56 bits per heavy atom. The average molecular weight is 256 g/mol. The quantitative estimate of drug-likeness (QED) is 0.814. The van der Waals surface area contributed by atoms with Crippen LogP contribution in [-0.2, 0) is 17.9 Å². The van der Waals surface area contributed by atoms with Crippen LogP contribution in [0.4, 0.5) is 4.39 Å². The number of hydrogen-bond donors (Lipinski definition) is 1. The molecule has 1 aromatic carbocycles. The van der Waals surface area contributed by atoms with Gasteiger partial charge in [0.1, 0.15) is 6.67 Å². The second-order valence-corrected chi connectivity index (χ2v) is 3.87. The van der Waals surface area contributed by atoms with Crippen molar-refractivity contribution < 1.29 is 23.8 Å². The lowest BCUT2D eigenvalue weighted by Crippen LogP contribution is -1.99. The number of rotatable bonds is 7. The maximum absolute atomic E-state index is 12.9. The average Bonchev–Trinajstić information content (AvgIpc) is 2.36. The minimum Gasteiger partial charge on any atom is -0.493 e. The first-order valence-electron chi connectivity index (χ1n) is 5.64. The van der Waals surface area contributed by atoms with Gasteiger partial charge in [0.15, 0.2) is 11.5 Å². The zero-order chi connectivity index (χ0) is 13.5. The van der Waals surface area contributed by atoms with Gasteiger partial charge in [0.25, 0.3) is 0 Å². The van der Waals surface area contributed by atoms with Crippen molar-refractivity contribution in [2.45, 2.75) is 25.9 Å². The van der Waals surface area contributed by atoms with Crippen LogP contribution in [0.15, 0.2) is 12.1 Å². The molecule has 0 fully saturated rings. The maximum atomic E-state index is 12.9. The van der Waals surface area contributed by atoms with E-state index in [4.69, 9.17) is 14.6 Å². The summed E-state index contributed by atoms with van der Waals surface area (Å²) in [6.45, 7) is -0.647. The lowest BCUT2D eigenvalue weighted by Gasteiger charge is -2.13. The summed E-state index contributed by atoms with van der Waals surface area (Å²) in [7, 11) is 2.95. The predicted octanol–water partition coefficient (Wildman–Crippen LogP) is 2.58. The highest BCUT2D eigenvalue weighted by molar-refractivity contribution is 5.66. The monoisotopic (exact) mass is 256 g/mol. The molecule has 1 aromatic rings. The van der Waals surface area contributed by atoms with Gasteiger partial charge < -0.3 is 14.6 Å². The topological polar surface area (TPSA) is 55.8 Å². The first kappa shape index (κ1) is 14.3. The third-order valence-electron chi connectivity index (χ3n) is 2.62. The van der Waals surface area contributed by atoms with E-state index in [1.165, 1.54) is 14.2 Å². The fourth-order valence-electron chi connectivity index (χ4n) is 1.79. The van der Waals surface area contributed by atoms with Crippen LogP contribution in [0.3, 0.4) is 0 Å². The molecule has 4 nitrogen and oxygen atoms in total. The third kappa shape index (κ3) is 3.61. The van der Waals surface area contributed by atoms with E-state index in [2.05, 4.69) is 0 Å². The number of aryl methyl sites for hydroxylation is 1. The van der Waals surface area contributed by atoms with Gasteiger partial charge in [-0.05, 0) is 30.5 Å². The van der Waals surface area contributed by atoms with Gasteiger partial charge in [-0.3, -0.25) is 4.79 Å². The van der Waals surface area contributed by atoms with Crippen molar-refractivity contribution in [2.75, 3.05) is 14.2 Å². The summed E-state index contributed by atoms with van der Waals surface area (Å²) in [6, 6.07) is 3.43. The first-order chi connectivity index (χ1) is 8.62. The van der Waals surface area contributed by atoms with Crippen molar-refractivity contribution in [3.8, 4) is 11.5 Å². The number of carbonyl (C=O) groups is 1. The van der Waals surface area contributed by atoms with Crippen molar-refractivity contribution in [1.82, 2.24) is 0 Å². The van der Waals surface area contributed by atoms with Gasteiger partial charge in [0, 0.05) is 12.0 Å². The highest BCUT2D eigenvalue weighted by Crippen LogP contribution is 2.33. The molecule has 100 valence electrons. The fourth-order valence-corrected chi connectivity index (χ4v) is 1.79. The number of benzene rings is 1. The summed E-state index contributed by atoms with van der Waals surface area (Å²) in [5, 5.41) is 8.57. The lowest BCUT2D eigenvalue weighted by atomic mass is 10.0. The van der Waals surface area contributed by atoms with Gasteiger partial charge in [-0.15, -0.1) is 0 Å². The van der Waals surface area contributed by atoms with Gasteiger partial charge in [-0.25, -0.2) is 4.39 Å². The number of hydrogen-bond acceptors (Lipinski definition) is 3. The highest BCUT2D eigenvalue weighted by Gasteiger charge is 2.12. The highest BCUT2D eigenvalue weighted by atomic mass is 19.1. The molecular formula is C13H17FO4. The number of halogens is 1. The molecule has 18 heavy (non-hydrogen) atoms. The number of alkyl halides is 1. The number of aliphatic carboxylic acids is 1. The van der Waals surface area contributed by atoms with Gasteiger partial charge >= 0.3 is 5.97 Å². The van der Waals surface area contributed by atoms with Crippen molar-refractivity contribution >= 4 is 5.97 Å². The molecule has 0 unspecified atom stereocenters. The van der Waals surface area contributed by atoms with Crippen LogP contribution in [0.2, 0.25) is 0 Å². The minimum atomic E-state index is -0.832. The standard InChI is InChI=1S/C13H17FO4/c1-17-11-7-9(4-3-5-12(15)16)6-10(8-14)13(11)18-2/h6-7H,3-5,8H2,1-2H3,(H,15,16). The second-order valence-electron chi connectivity index (χ2n) is 3.87. The molecule has 0 aliphatic carbocycles. The molecule has 0 atom stereocenters. The van der Waals surface area contributed by atoms with E-state index in [0.717, 1.165) is 5.56 Å². The zero-order valence-electron chi connectivity index (χ0n) is 10.5. The molecule has 1 N–H and O–H groups in total. The van der Waals surface area contributed by atoms with Crippen LogP contribution in [0.5, 0.6) is 11.5 Å². The largest absolute Gasteiger partial charge is 0.493 e. The number of ether oxygens (including phenoxy) is 2. The SMILES string of the molecule is COc1cc(CCCC(=O)O)cc(CF)c1OC. The minimum absolute atomic E-state index is 0.0965. The zero-order valence-corrected chi connectivity index (χ0v) is 10.5. The van der Waals surface area contributed by atoms with Gasteiger partial charge in [-0.1, -0.05) is 0 Å². The van der Waals surface area contributed by atoms with E-state index >= 15 is 0 Å². The summed E-state index contributed by atoms with van der Waals surface area (Å²) >= 11 is 0. The second kappa shape index (κ2) is 6.83. The molecule has 0 amide bonds. The summed E-state index contributed by atoms with van der Waals surface area (Å²) in [5.74, 6) is 0.0288. The van der Waals surface area contributed by atoms with Crippen molar-refractivity contribution in [1.29, 1.82) is 0 Å². The fraction of sp³-hybridized carbons (Fsp3) is 0.462. The van der Waals surface area contributed by atoms with Crippen LogP contribution in [0, 0.1) is 0 Å². The van der Waals surface area contributed by atoms with Crippen LogP contribution in [0.25, 0.3) is 0 Å². The van der Waals surface area contributed by atoms with Crippen molar-refractivity contribution in [3.63, 3.8) is 0 Å². The number of carboxylic acid groups (broad SMARTS) is 1. The van der Waals surface area contributed by atoms with E-state index in [9.17, 15) is 9.18 Å². The Bertz CT molecular complexity index is 392. The molecule has 1 rings (SSSR count). The molecule has 0 aliphatic heterocycles. The molecule has 5 heteroatoms. The molecule has 0 bridgehead atoms. The molecule has 0 aromatic heterocycles. The molecule has 0 spiro atoms. The molecule has 0 aliphatic rings. The molecule has 0 saturated carbocycles. The molecule has 0 saturated heterocycles. The summed E-state index contributed by atoms with van der Waals surface area (Å²) in [4.78, 5) is 10.4. The number of methoxy groups -OCH3 is 2. The van der Waals surface area contributed by atoms with Gasteiger partial charge in [0.05, 0.1) is 14.2 Å². The molecule has 0 radical (unpaired) electrons. The van der Waals surface area contributed by atoms with E-state index in [1.54, 1.807) is 12.1 Å². The van der Waals surface area contributed by atoms with Crippen molar-refractivity contribution in [2.24, 2.45) is 0 Å². The van der Waals surface area contributed by atoms with E-state index < -0.39 is 12.6 Å². The van der Waals surface area contributed by atoms with Gasteiger partial charge in [0.2, 0.25) is 0 Å². The van der Waals surface area contributed by atoms with Crippen LogP contribution >= 0.6 is 0 Å². The predicted molar refractivity (Wildman–Crippen MR) is 64.9 cm³/mol. The van der Waals surface area contributed by atoms with E-state index in [0.29, 0.717) is 29.9 Å². The molecular weight excluding hydrogens is 239 g/mol. The summed E-state index contributed by atoms with van der Waals surface area (Å²) < 4.78 is 23.1. The van der Waals surface area contributed by atoms with E-state index in [1.807, 2.05) is 0 Å². The van der Waals surface area contributed by atoms with Crippen LogP contribution in [0.1, 0.15) is 24.0 Å². The Labute approximate surface area is 105 Å². The Kier molecular flexibility index (Phi) is 5.42. The first-order valence-corrected chi connectivity index (χ1v) is 5.64. The van der Waals surface area contributed by atoms with Crippen LogP contribution in [-0.4, -0.2) is 25.3 Å².